The first-order valence-electron chi connectivity index (χ1n) is 10.8. The average Bonchev–Trinajstić information content (AvgIpc) is 3.49. The second kappa shape index (κ2) is 9.47. The summed E-state index contributed by atoms with van der Waals surface area (Å²) in [6.45, 7) is 6.01. The Morgan fingerprint density at radius 1 is 0.970 bits per heavy atom. The van der Waals surface area contributed by atoms with Crippen LogP contribution in [0.25, 0.3) is 22.9 Å². The molecule has 0 N–H and O–H groups in total. The van der Waals surface area contributed by atoms with Gasteiger partial charge in [-0.3, -0.25) is 9.69 Å². The number of piperazine rings is 1. The van der Waals surface area contributed by atoms with Crippen molar-refractivity contribution in [3.05, 3.63) is 81.0 Å². The number of hydrogen-bond donors (Lipinski definition) is 0. The minimum Gasteiger partial charge on any atom is -0.416 e. The van der Waals surface area contributed by atoms with E-state index in [1.807, 2.05) is 66.4 Å². The molecule has 0 aliphatic carbocycles. The summed E-state index contributed by atoms with van der Waals surface area (Å²) in [5.74, 6) is 0.979. The molecule has 1 fully saturated rings. The van der Waals surface area contributed by atoms with Crippen molar-refractivity contribution in [2.24, 2.45) is 0 Å². The van der Waals surface area contributed by atoms with Gasteiger partial charge in [0.2, 0.25) is 11.8 Å². The number of aromatic nitrogens is 2. The van der Waals surface area contributed by atoms with E-state index in [0.717, 1.165) is 40.7 Å². The SMILES string of the molecule is Cc1ccccc1-c1nnc(-c2ccc(C(=O)N3CCN(Cc4ccc(Cl)s4)CC3)cc2)o1. The topological polar surface area (TPSA) is 62.5 Å². The summed E-state index contributed by atoms with van der Waals surface area (Å²) in [6.07, 6.45) is 0. The zero-order valence-electron chi connectivity index (χ0n) is 18.2. The molecular formula is C25H23ClN4O2S. The van der Waals surface area contributed by atoms with E-state index in [9.17, 15) is 4.79 Å². The first-order valence-corrected chi connectivity index (χ1v) is 12.0. The Morgan fingerprint density at radius 2 is 1.70 bits per heavy atom. The van der Waals surface area contributed by atoms with Crippen LogP contribution in [-0.4, -0.2) is 52.1 Å². The third kappa shape index (κ3) is 4.85. The lowest BCUT2D eigenvalue weighted by Gasteiger charge is -2.34. The van der Waals surface area contributed by atoms with Crippen molar-refractivity contribution in [3.8, 4) is 22.9 Å². The van der Waals surface area contributed by atoms with Crippen molar-refractivity contribution in [1.29, 1.82) is 0 Å². The van der Waals surface area contributed by atoms with E-state index in [1.165, 1.54) is 4.88 Å². The van der Waals surface area contributed by atoms with Crippen LogP contribution >= 0.6 is 22.9 Å². The largest absolute Gasteiger partial charge is 0.416 e. The third-order valence-corrected chi connectivity index (χ3v) is 7.06. The molecule has 6 nitrogen and oxygen atoms in total. The fourth-order valence-corrected chi connectivity index (χ4v) is 5.10. The van der Waals surface area contributed by atoms with E-state index in [1.54, 1.807) is 11.3 Å². The normalized spacial score (nSPS) is 14.5. The molecule has 168 valence electrons. The van der Waals surface area contributed by atoms with Crippen molar-refractivity contribution in [2.75, 3.05) is 26.2 Å². The Bertz CT molecular complexity index is 1260. The summed E-state index contributed by atoms with van der Waals surface area (Å²) < 4.78 is 6.70. The van der Waals surface area contributed by atoms with Crippen molar-refractivity contribution in [2.45, 2.75) is 13.5 Å². The molecule has 2 aromatic heterocycles. The molecule has 8 heteroatoms. The number of aryl methyl sites for hydroxylation is 1. The summed E-state index contributed by atoms with van der Waals surface area (Å²) in [7, 11) is 0. The van der Waals surface area contributed by atoms with Crippen molar-refractivity contribution in [3.63, 3.8) is 0 Å². The Kier molecular flexibility index (Phi) is 6.26. The molecule has 4 aromatic rings. The van der Waals surface area contributed by atoms with Gasteiger partial charge in [-0.2, -0.15) is 0 Å². The van der Waals surface area contributed by atoms with E-state index in [2.05, 4.69) is 21.2 Å². The maximum absolute atomic E-state index is 13.0. The maximum atomic E-state index is 13.0. The fourth-order valence-electron chi connectivity index (χ4n) is 3.97. The number of amides is 1. The highest BCUT2D eigenvalue weighted by Gasteiger charge is 2.23. The summed E-state index contributed by atoms with van der Waals surface area (Å²) >= 11 is 7.64. The standard InChI is InChI=1S/C25H23ClN4O2S/c1-17-4-2-3-5-21(17)24-28-27-23(32-24)18-6-8-19(9-7-18)25(31)30-14-12-29(13-15-30)16-20-10-11-22(26)33-20/h2-11H,12-16H2,1H3. The first-order chi connectivity index (χ1) is 16.1. The highest BCUT2D eigenvalue weighted by Crippen LogP contribution is 2.27. The molecule has 3 heterocycles. The Morgan fingerprint density at radius 3 is 2.39 bits per heavy atom. The maximum Gasteiger partial charge on any atom is 0.253 e. The van der Waals surface area contributed by atoms with Gasteiger partial charge in [0.05, 0.1) is 4.34 Å². The summed E-state index contributed by atoms with van der Waals surface area (Å²) in [5.41, 5.74) is 3.45. The van der Waals surface area contributed by atoms with Gasteiger partial charge in [0.1, 0.15) is 0 Å². The van der Waals surface area contributed by atoms with Crippen molar-refractivity contribution >= 4 is 28.8 Å². The van der Waals surface area contributed by atoms with E-state index in [-0.39, 0.29) is 5.91 Å². The van der Waals surface area contributed by atoms with Gasteiger partial charge in [0.25, 0.3) is 5.91 Å². The molecule has 33 heavy (non-hydrogen) atoms. The van der Waals surface area contributed by atoms with Crippen LogP contribution in [0.5, 0.6) is 0 Å². The molecule has 0 saturated carbocycles. The first kappa shape index (κ1) is 21.8. The van der Waals surface area contributed by atoms with E-state index < -0.39 is 0 Å². The molecule has 2 aromatic carbocycles. The monoisotopic (exact) mass is 478 g/mol. The van der Waals surface area contributed by atoms with Gasteiger partial charge >= 0.3 is 0 Å². The highest BCUT2D eigenvalue weighted by atomic mass is 35.5. The molecule has 1 aliphatic rings. The number of thiophene rings is 1. The average molecular weight is 479 g/mol. The number of carbonyl (C=O) groups is 1. The zero-order valence-corrected chi connectivity index (χ0v) is 19.8. The summed E-state index contributed by atoms with van der Waals surface area (Å²) in [4.78, 5) is 18.5. The molecule has 1 amide bonds. The Labute approximate surface area is 201 Å². The Balaban J connectivity index is 1.21. The van der Waals surface area contributed by atoms with Gasteiger partial charge in [-0.05, 0) is 55.0 Å². The summed E-state index contributed by atoms with van der Waals surface area (Å²) in [5, 5.41) is 8.38. The lowest BCUT2D eigenvalue weighted by Crippen LogP contribution is -2.48. The smallest absolute Gasteiger partial charge is 0.253 e. The van der Waals surface area contributed by atoms with Crippen LogP contribution in [0.2, 0.25) is 4.34 Å². The molecule has 1 aliphatic heterocycles. The number of benzene rings is 2. The fraction of sp³-hybridized carbons (Fsp3) is 0.240. The number of halogens is 1. The van der Waals surface area contributed by atoms with Gasteiger partial charge in [-0.15, -0.1) is 21.5 Å². The number of nitrogens with zero attached hydrogens (tertiary/aromatic N) is 4. The van der Waals surface area contributed by atoms with Gasteiger partial charge in [-0.25, -0.2) is 0 Å². The molecule has 1 saturated heterocycles. The van der Waals surface area contributed by atoms with Crippen molar-refractivity contribution < 1.29 is 9.21 Å². The Hall–Kier alpha value is -3.00. The molecule has 5 rings (SSSR count). The number of hydrogen-bond acceptors (Lipinski definition) is 6. The molecule has 0 spiro atoms. The third-order valence-electron chi connectivity index (χ3n) is 5.85. The van der Waals surface area contributed by atoms with E-state index in [0.29, 0.717) is 30.4 Å². The number of rotatable bonds is 5. The van der Waals surface area contributed by atoms with Crippen LogP contribution < -0.4 is 0 Å². The van der Waals surface area contributed by atoms with Crippen LogP contribution in [-0.2, 0) is 6.54 Å². The highest BCUT2D eigenvalue weighted by molar-refractivity contribution is 7.16. The predicted octanol–water partition coefficient (Wildman–Crippen LogP) is 5.38. The second-order valence-corrected chi connectivity index (χ2v) is 9.88. The van der Waals surface area contributed by atoms with Crippen LogP contribution in [0.4, 0.5) is 0 Å². The van der Waals surface area contributed by atoms with Gasteiger partial charge in [0, 0.05) is 54.3 Å². The quantitative estimate of drug-likeness (QED) is 0.385. The molecule has 0 unspecified atom stereocenters. The molecule has 0 radical (unpaired) electrons. The molecule has 0 bridgehead atoms. The minimum absolute atomic E-state index is 0.0477. The van der Waals surface area contributed by atoms with Crippen LogP contribution in [0.15, 0.2) is 65.1 Å². The van der Waals surface area contributed by atoms with E-state index in [4.69, 9.17) is 16.0 Å². The molecule has 0 atom stereocenters. The summed E-state index contributed by atoms with van der Waals surface area (Å²) in [6, 6.07) is 19.3. The lowest BCUT2D eigenvalue weighted by atomic mass is 10.1. The van der Waals surface area contributed by atoms with Gasteiger partial charge < -0.3 is 9.32 Å². The predicted molar refractivity (Wildman–Crippen MR) is 130 cm³/mol. The van der Waals surface area contributed by atoms with Crippen molar-refractivity contribution in [1.82, 2.24) is 20.0 Å². The van der Waals surface area contributed by atoms with Crippen LogP contribution in [0.3, 0.4) is 0 Å². The van der Waals surface area contributed by atoms with Gasteiger partial charge in [-0.1, -0.05) is 29.8 Å². The second-order valence-electron chi connectivity index (χ2n) is 8.08. The van der Waals surface area contributed by atoms with Crippen LogP contribution in [0, 0.1) is 6.92 Å². The van der Waals surface area contributed by atoms with Gasteiger partial charge in [0.15, 0.2) is 0 Å². The lowest BCUT2D eigenvalue weighted by molar-refractivity contribution is 0.0629. The van der Waals surface area contributed by atoms with Crippen LogP contribution in [0.1, 0.15) is 20.8 Å². The minimum atomic E-state index is 0.0477. The van der Waals surface area contributed by atoms with E-state index >= 15 is 0 Å². The molecular weight excluding hydrogens is 456 g/mol. The number of carbonyl (C=O) groups excluding carboxylic acids is 1. The zero-order chi connectivity index (χ0) is 22.8.